The van der Waals surface area contributed by atoms with E-state index in [-0.39, 0.29) is 19.0 Å². The highest BCUT2D eigenvalue weighted by Gasteiger charge is 2.32. The Balaban J connectivity index is 1.46. The summed E-state index contributed by atoms with van der Waals surface area (Å²) in [5.41, 5.74) is 3.42. The van der Waals surface area contributed by atoms with E-state index in [4.69, 9.17) is 10.1 Å². The van der Waals surface area contributed by atoms with Crippen LogP contribution in [0.25, 0.3) is 27.9 Å². The Labute approximate surface area is 205 Å². The Hall–Kier alpha value is -3.87. The van der Waals surface area contributed by atoms with Gasteiger partial charge in [-0.3, -0.25) is 4.79 Å². The van der Waals surface area contributed by atoms with Crippen LogP contribution in [0.2, 0.25) is 0 Å². The number of alkyl halides is 2. The van der Waals surface area contributed by atoms with Gasteiger partial charge in [-0.2, -0.15) is 4.98 Å². The Morgan fingerprint density at radius 3 is 2.81 bits per heavy atom. The largest absolute Gasteiger partial charge is 0.387 e. The molecule has 190 valence electrons. The number of carbonyl (C=O) groups is 1. The summed E-state index contributed by atoms with van der Waals surface area (Å²) in [6.07, 6.45) is 0.792. The van der Waals surface area contributed by atoms with Crippen molar-refractivity contribution >= 4 is 34.4 Å². The van der Waals surface area contributed by atoms with E-state index in [0.717, 1.165) is 5.56 Å². The van der Waals surface area contributed by atoms with Crippen LogP contribution in [0.15, 0.2) is 24.4 Å². The fourth-order valence-electron chi connectivity index (χ4n) is 4.64. The standard InChI is InChI=1S/C23H27F2N9O2/c1-13-27-18-4-3-16(28-22(18)33(13)10-7-24)14-5-9-34-20(14)21(26-2)30-23(31-34)29-17-6-8-32(11-15(17)25)19(36)12-35/h3-5,9,15,17,35H,6-8,10-12H2,1-2H3,(H2,26,29,30,31). The van der Waals surface area contributed by atoms with Gasteiger partial charge in [0.05, 0.1) is 24.8 Å². The molecule has 0 bridgehead atoms. The molecule has 1 aliphatic heterocycles. The van der Waals surface area contributed by atoms with E-state index in [2.05, 4.69) is 25.7 Å². The highest BCUT2D eigenvalue weighted by atomic mass is 19.1. The molecule has 2 atom stereocenters. The van der Waals surface area contributed by atoms with E-state index in [1.807, 2.05) is 25.1 Å². The predicted molar refractivity (Wildman–Crippen MR) is 130 cm³/mol. The zero-order valence-corrected chi connectivity index (χ0v) is 19.9. The summed E-state index contributed by atoms with van der Waals surface area (Å²) in [4.78, 5) is 26.8. The summed E-state index contributed by atoms with van der Waals surface area (Å²) in [6.45, 7) is 1.08. The van der Waals surface area contributed by atoms with Crippen LogP contribution in [-0.2, 0) is 11.3 Å². The van der Waals surface area contributed by atoms with E-state index in [9.17, 15) is 13.6 Å². The molecule has 13 heteroatoms. The Bertz CT molecular complexity index is 1420. The number of rotatable bonds is 7. The second-order valence-electron chi connectivity index (χ2n) is 8.65. The number of pyridine rings is 1. The molecule has 0 aliphatic carbocycles. The summed E-state index contributed by atoms with van der Waals surface area (Å²) in [6, 6.07) is 4.99. The van der Waals surface area contributed by atoms with E-state index in [1.54, 1.807) is 22.3 Å². The normalized spacial score (nSPS) is 18.2. The molecule has 36 heavy (non-hydrogen) atoms. The summed E-state index contributed by atoms with van der Waals surface area (Å²) >= 11 is 0. The third-order valence-corrected chi connectivity index (χ3v) is 6.46. The quantitative estimate of drug-likeness (QED) is 0.352. The zero-order valence-electron chi connectivity index (χ0n) is 19.9. The minimum absolute atomic E-state index is 0.0987. The van der Waals surface area contributed by atoms with Crippen molar-refractivity contribution in [3.63, 3.8) is 0 Å². The van der Waals surface area contributed by atoms with Crippen LogP contribution in [0.5, 0.6) is 0 Å². The number of imidazole rings is 1. The average molecular weight is 500 g/mol. The van der Waals surface area contributed by atoms with Crippen LogP contribution in [-0.4, -0.2) is 90.7 Å². The molecule has 1 aliphatic rings. The number of aliphatic hydroxyl groups excluding tert-OH is 1. The molecule has 1 saturated heterocycles. The molecule has 2 unspecified atom stereocenters. The van der Waals surface area contributed by atoms with Gasteiger partial charge in [-0.25, -0.2) is 23.3 Å². The fraction of sp³-hybridized carbons (Fsp3) is 0.435. The second kappa shape index (κ2) is 9.64. The maximum atomic E-state index is 14.8. The smallest absolute Gasteiger partial charge is 0.248 e. The molecular formula is C23H27F2N9O2. The lowest BCUT2D eigenvalue weighted by Gasteiger charge is -2.34. The predicted octanol–water partition coefficient (Wildman–Crippen LogP) is 1.80. The molecular weight excluding hydrogens is 472 g/mol. The third kappa shape index (κ3) is 4.19. The number of fused-ring (bicyclic) bond motifs is 2. The van der Waals surface area contributed by atoms with Gasteiger partial charge < -0.3 is 25.2 Å². The molecule has 4 aromatic heterocycles. The van der Waals surface area contributed by atoms with E-state index in [1.165, 1.54) is 4.90 Å². The molecule has 0 saturated carbocycles. The number of hydrogen-bond acceptors (Lipinski definition) is 8. The van der Waals surface area contributed by atoms with Crippen LogP contribution in [0.1, 0.15) is 12.2 Å². The lowest BCUT2D eigenvalue weighted by molar-refractivity contribution is -0.136. The number of nitrogens with zero attached hydrogens (tertiary/aromatic N) is 7. The van der Waals surface area contributed by atoms with Gasteiger partial charge in [0.2, 0.25) is 11.9 Å². The number of aliphatic hydroxyl groups is 1. The fourth-order valence-corrected chi connectivity index (χ4v) is 4.64. The van der Waals surface area contributed by atoms with E-state index >= 15 is 0 Å². The van der Waals surface area contributed by atoms with Crippen molar-refractivity contribution in [3.8, 4) is 11.3 Å². The highest BCUT2D eigenvalue weighted by molar-refractivity contribution is 5.89. The van der Waals surface area contributed by atoms with Gasteiger partial charge in [0, 0.05) is 25.4 Å². The van der Waals surface area contributed by atoms with Gasteiger partial charge in [-0.05, 0) is 31.5 Å². The number of carbonyl (C=O) groups excluding carboxylic acids is 1. The molecule has 11 nitrogen and oxygen atoms in total. The topological polar surface area (TPSA) is 126 Å². The van der Waals surface area contributed by atoms with Crippen LogP contribution < -0.4 is 10.6 Å². The third-order valence-electron chi connectivity index (χ3n) is 6.46. The summed E-state index contributed by atoms with van der Waals surface area (Å²) < 4.78 is 31.2. The summed E-state index contributed by atoms with van der Waals surface area (Å²) in [7, 11) is 1.73. The summed E-state index contributed by atoms with van der Waals surface area (Å²) in [5.74, 6) is 0.970. The maximum Gasteiger partial charge on any atom is 0.248 e. The van der Waals surface area contributed by atoms with Gasteiger partial charge in [0.1, 0.15) is 36.3 Å². The SMILES string of the molecule is CNc1nc(NC2CCN(C(=O)CO)CC2F)nn2ccc(-c3ccc4nc(C)n(CCF)c4n3)c12. The monoisotopic (exact) mass is 499 g/mol. The maximum absolute atomic E-state index is 14.8. The van der Waals surface area contributed by atoms with Crippen molar-refractivity contribution < 1.29 is 18.7 Å². The highest BCUT2D eigenvalue weighted by Crippen LogP contribution is 2.31. The van der Waals surface area contributed by atoms with Crippen molar-refractivity contribution in [2.45, 2.75) is 32.1 Å². The molecule has 0 spiro atoms. The minimum atomic E-state index is -1.33. The number of hydrogen-bond donors (Lipinski definition) is 3. The number of nitrogens with one attached hydrogen (secondary N) is 2. The molecule has 1 fully saturated rings. The van der Waals surface area contributed by atoms with Gasteiger partial charge >= 0.3 is 0 Å². The van der Waals surface area contributed by atoms with Gasteiger partial charge in [-0.15, -0.1) is 5.10 Å². The molecule has 0 aromatic carbocycles. The second-order valence-corrected chi connectivity index (χ2v) is 8.65. The molecule has 3 N–H and O–H groups in total. The molecule has 5 heterocycles. The zero-order chi connectivity index (χ0) is 25.4. The first-order chi connectivity index (χ1) is 17.4. The Kier molecular flexibility index (Phi) is 6.39. The van der Waals surface area contributed by atoms with E-state index < -0.39 is 31.4 Å². The number of aromatic nitrogens is 6. The molecule has 4 aromatic rings. The van der Waals surface area contributed by atoms with Gasteiger partial charge in [0.15, 0.2) is 11.5 Å². The van der Waals surface area contributed by atoms with Gasteiger partial charge in [-0.1, -0.05) is 0 Å². The van der Waals surface area contributed by atoms with Crippen LogP contribution in [0.3, 0.4) is 0 Å². The van der Waals surface area contributed by atoms with Crippen LogP contribution in [0.4, 0.5) is 20.5 Å². The van der Waals surface area contributed by atoms with Crippen molar-refractivity contribution in [2.75, 3.05) is 44.1 Å². The number of piperidine rings is 1. The lowest BCUT2D eigenvalue weighted by Crippen LogP contribution is -2.50. The van der Waals surface area contributed by atoms with Crippen LogP contribution >= 0.6 is 0 Å². The number of halogens is 2. The Morgan fingerprint density at radius 1 is 1.25 bits per heavy atom. The molecule has 0 radical (unpaired) electrons. The minimum Gasteiger partial charge on any atom is -0.387 e. The summed E-state index contributed by atoms with van der Waals surface area (Å²) in [5, 5.41) is 19.7. The first kappa shape index (κ1) is 23.9. The van der Waals surface area contributed by atoms with Crippen molar-refractivity contribution in [1.29, 1.82) is 0 Å². The molecule has 1 amide bonds. The van der Waals surface area contributed by atoms with E-state index in [0.29, 0.717) is 47.0 Å². The van der Waals surface area contributed by atoms with Crippen molar-refractivity contribution in [2.24, 2.45) is 0 Å². The first-order valence-corrected chi connectivity index (χ1v) is 11.7. The average Bonchev–Trinajstić information content (AvgIpc) is 3.45. The number of likely N-dealkylation sites (tertiary alicyclic amines) is 1. The lowest BCUT2D eigenvalue weighted by atomic mass is 10.0. The van der Waals surface area contributed by atoms with Crippen molar-refractivity contribution in [3.05, 3.63) is 30.2 Å². The number of aryl methyl sites for hydroxylation is 2. The first-order valence-electron chi connectivity index (χ1n) is 11.7. The van der Waals surface area contributed by atoms with Crippen molar-refractivity contribution in [1.82, 2.24) is 34.0 Å². The number of anilines is 2. The Morgan fingerprint density at radius 2 is 2.08 bits per heavy atom. The number of amides is 1. The van der Waals surface area contributed by atoms with Crippen LogP contribution in [0, 0.1) is 6.92 Å². The van der Waals surface area contributed by atoms with Gasteiger partial charge in [0.25, 0.3) is 0 Å². The molecule has 5 rings (SSSR count).